The molecule has 4 aromatic rings. The smallest absolute Gasteiger partial charge is 0.278 e. The van der Waals surface area contributed by atoms with Gasteiger partial charge in [0.05, 0.1) is 11.1 Å². The molecule has 0 aliphatic carbocycles. The first-order valence-electron chi connectivity index (χ1n) is 16.6. The van der Waals surface area contributed by atoms with Gasteiger partial charge in [0.25, 0.3) is 22.2 Å². The van der Waals surface area contributed by atoms with Crippen LogP contribution in [0.1, 0.15) is 31.9 Å². The summed E-state index contributed by atoms with van der Waals surface area (Å²) >= 11 is 0. The highest BCUT2D eigenvalue weighted by Gasteiger charge is 2.30. The number of allylic oxidation sites excluding steroid dienone is 2. The average molecular weight is 773 g/mol. The number of aromatic amines is 4. The van der Waals surface area contributed by atoms with Crippen LogP contribution in [0.25, 0.3) is 0 Å². The molecule has 22 nitrogen and oxygen atoms in total. The SMILES string of the molecule is C.C=C1Cc2c(nc(N)[nH]c2=O)N1C.C=C1Cc2c(nc(N)[nH]c2=O)N1CCC.C=C1N(C)c2nc(N)[nH]c(=O)c2N1C.C=C1Nc2nc(N)[nH]c(=O)c2N1C. The predicted molar refractivity (Wildman–Crippen MR) is 223 cm³/mol. The molecule has 0 atom stereocenters. The second-order valence-corrected chi connectivity index (χ2v) is 12.6. The van der Waals surface area contributed by atoms with Gasteiger partial charge in [-0.2, -0.15) is 19.9 Å². The van der Waals surface area contributed by atoms with E-state index in [9.17, 15) is 19.2 Å². The summed E-state index contributed by atoms with van der Waals surface area (Å²) in [5, 5.41) is 2.85. The maximum atomic E-state index is 11.6. The van der Waals surface area contributed by atoms with Crippen molar-refractivity contribution in [2.24, 2.45) is 0 Å². The Morgan fingerprint density at radius 2 is 1.05 bits per heavy atom. The monoisotopic (exact) mass is 772 g/mol. The van der Waals surface area contributed by atoms with Crippen LogP contribution in [0.4, 0.5) is 58.4 Å². The molecule has 0 radical (unpaired) electrons. The molecule has 13 N–H and O–H groups in total. The van der Waals surface area contributed by atoms with Crippen LogP contribution < -0.4 is 75.0 Å². The molecule has 4 aromatic heterocycles. The van der Waals surface area contributed by atoms with Crippen molar-refractivity contribution >= 4 is 58.4 Å². The predicted octanol–water partition coefficient (Wildman–Crippen LogP) is 0.527. The first-order valence-corrected chi connectivity index (χ1v) is 16.6. The van der Waals surface area contributed by atoms with Gasteiger partial charge in [0.15, 0.2) is 23.0 Å². The Hall–Kier alpha value is -7.52. The van der Waals surface area contributed by atoms with Crippen LogP contribution in [0.3, 0.4) is 0 Å². The van der Waals surface area contributed by atoms with Gasteiger partial charge < -0.3 is 52.8 Å². The van der Waals surface area contributed by atoms with E-state index in [-0.39, 0.29) is 53.5 Å². The molecule has 4 aliphatic heterocycles. The minimum Gasteiger partial charge on any atom is -0.369 e. The van der Waals surface area contributed by atoms with E-state index >= 15 is 0 Å². The standard InChI is InChI=1S/C10H14N4O.C8H11N5O.C8H10N4O.C7H9N5O.CH4/c1-3-4-14-6(2)5-7-8(14)12-10(11)13-9(7)15;1-4-12(2)5-6(13(4)3)10-8(9)11-7(5)14;1-4-3-5-6(12(4)2)10-8(9)11-7(5)13;1-3-9-5-4(12(3)2)6(13)11-7(8)10-5;/h2-5H2,1H3,(H3,11,12,13,15);1H2,2-3H3,(H3,9,10,11,14);1,3H2,2H3,(H3,9,10,11,13);1H2,2H3,(H4,8,9,10,11,13);1H4. The zero-order valence-corrected chi connectivity index (χ0v) is 31.1. The topological polar surface area (TPSA) is 315 Å². The number of hydrogen-bond acceptors (Lipinski definition) is 18. The molecule has 0 bridgehead atoms. The zero-order valence-electron chi connectivity index (χ0n) is 31.1. The van der Waals surface area contributed by atoms with Gasteiger partial charge in [-0.15, -0.1) is 0 Å². The van der Waals surface area contributed by atoms with Gasteiger partial charge in [-0.3, -0.25) is 39.1 Å². The summed E-state index contributed by atoms with van der Waals surface area (Å²) in [4.78, 5) is 80.6. The van der Waals surface area contributed by atoms with Gasteiger partial charge in [-0.25, -0.2) is 0 Å². The molecule has 0 aromatic carbocycles. The number of nitrogens with one attached hydrogen (secondary N) is 5. The Morgan fingerprint density at radius 3 is 1.62 bits per heavy atom. The van der Waals surface area contributed by atoms with E-state index in [2.05, 4.69) is 78.4 Å². The van der Waals surface area contributed by atoms with Gasteiger partial charge >= 0.3 is 0 Å². The van der Waals surface area contributed by atoms with Crippen molar-refractivity contribution in [1.82, 2.24) is 39.9 Å². The Kier molecular flexibility index (Phi) is 11.7. The van der Waals surface area contributed by atoms with E-state index in [0.29, 0.717) is 70.3 Å². The summed E-state index contributed by atoms with van der Waals surface area (Å²) < 4.78 is 0. The van der Waals surface area contributed by atoms with Crippen molar-refractivity contribution in [1.29, 1.82) is 0 Å². The highest BCUT2D eigenvalue weighted by atomic mass is 16.1. The number of nitrogens with zero attached hydrogens (tertiary/aromatic N) is 9. The largest absolute Gasteiger partial charge is 0.369 e. The minimum atomic E-state index is -0.267. The van der Waals surface area contributed by atoms with E-state index in [1.807, 2.05) is 11.9 Å². The van der Waals surface area contributed by atoms with Crippen molar-refractivity contribution < 1.29 is 0 Å². The van der Waals surface area contributed by atoms with Crippen LogP contribution in [0.5, 0.6) is 0 Å². The molecule has 0 saturated carbocycles. The highest BCUT2D eigenvalue weighted by Crippen LogP contribution is 2.34. The number of nitrogens with two attached hydrogens (primary N) is 4. The van der Waals surface area contributed by atoms with Gasteiger partial charge in [0.2, 0.25) is 23.8 Å². The Balaban J connectivity index is 0.000000165. The number of rotatable bonds is 2. The first-order chi connectivity index (χ1) is 25.8. The van der Waals surface area contributed by atoms with Crippen LogP contribution in [-0.2, 0) is 12.8 Å². The van der Waals surface area contributed by atoms with Crippen LogP contribution in [0, 0.1) is 0 Å². The fourth-order valence-corrected chi connectivity index (χ4v) is 5.96. The van der Waals surface area contributed by atoms with Crippen molar-refractivity contribution in [2.45, 2.75) is 33.6 Å². The van der Waals surface area contributed by atoms with Gasteiger partial charge in [0.1, 0.15) is 23.3 Å². The average Bonchev–Trinajstić information content (AvgIpc) is 3.75. The summed E-state index contributed by atoms with van der Waals surface area (Å²) in [5.41, 5.74) is 24.9. The number of anilines is 10. The molecule has 0 unspecified atom stereocenters. The highest BCUT2D eigenvalue weighted by molar-refractivity contribution is 5.78. The van der Waals surface area contributed by atoms with Crippen LogP contribution >= 0.6 is 0 Å². The summed E-state index contributed by atoms with van der Waals surface area (Å²) in [7, 11) is 7.10. The van der Waals surface area contributed by atoms with Crippen LogP contribution in [0.2, 0.25) is 0 Å². The zero-order chi connectivity index (χ0) is 40.6. The van der Waals surface area contributed by atoms with Gasteiger partial charge in [0, 0.05) is 59.0 Å². The van der Waals surface area contributed by atoms with E-state index in [4.69, 9.17) is 22.9 Å². The van der Waals surface area contributed by atoms with Gasteiger partial charge in [-0.05, 0) is 6.42 Å². The molecular formula is C34H48N18O4. The summed E-state index contributed by atoms with van der Waals surface area (Å²) in [6.45, 7) is 18.2. The molecule has 0 saturated heterocycles. The lowest BCUT2D eigenvalue weighted by Gasteiger charge is -2.18. The van der Waals surface area contributed by atoms with Crippen molar-refractivity contribution in [3.8, 4) is 0 Å². The minimum absolute atomic E-state index is 0. The number of nitrogen functional groups attached to an aromatic ring is 4. The summed E-state index contributed by atoms with van der Waals surface area (Å²) in [6.07, 6.45) is 2.10. The first kappa shape index (κ1) is 41.2. The molecule has 22 heteroatoms. The second kappa shape index (κ2) is 15.8. The second-order valence-electron chi connectivity index (χ2n) is 12.6. The summed E-state index contributed by atoms with van der Waals surface area (Å²) in [6, 6.07) is 0. The Morgan fingerprint density at radius 1 is 0.589 bits per heavy atom. The van der Waals surface area contributed by atoms with Crippen LogP contribution in [0.15, 0.2) is 68.5 Å². The summed E-state index contributed by atoms with van der Waals surface area (Å²) in [5.74, 6) is 4.10. The van der Waals surface area contributed by atoms with E-state index in [0.717, 1.165) is 24.4 Å². The quantitative estimate of drug-likeness (QED) is 0.134. The van der Waals surface area contributed by atoms with E-state index in [1.54, 1.807) is 40.7 Å². The molecule has 8 rings (SSSR count). The van der Waals surface area contributed by atoms with Crippen molar-refractivity contribution in [3.05, 3.63) is 102 Å². The fourth-order valence-electron chi connectivity index (χ4n) is 5.96. The van der Waals surface area contributed by atoms with Gasteiger partial charge in [-0.1, -0.05) is 40.7 Å². The molecule has 56 heavy (non-hydrogen) atoms. The molecular weight excluding hydrogens is 724 g/mol. The number of hydrogen-bond donors (Lipinski definition) is 9. The lowest BCUT2D eigenvalue weighted by atomic mass is 10.2. The third kappa shape index (κ3) is 7.74. The molecule has 0 fully saturated rings. The van der Waals surface area contributed by atoms with Crippen molar-refractivity contribution in [2.75, 3.05) is 87.5 Å². The lowest BCUT2D eigenvalue weighted by molar-refractivity contribution is 0.848. The Labute approximate surface area is 321 Å². The molecule has 0 spiro atoms. The number of H-pyrrole nitrogens is 4. The number of fused-ring (bicyclic) bond motifs is 4. The number of aromatic nitrogens is 8. The maximum Gasteiger partial charge on any atom is 0.278 e. The molecule has 4 aliphatic rings. The fraction of sp³-hybridized carbons (Fsp3) is 0.294. The van der Waals surface area contributed by atoms with Crippen molar-refractivity contribution in [3.63, 3.8) is 0 Å². The third-order valence-electron chi connectivity index (χ3n) is 8.90. The molecule has 8 heterocycles. The normalized spacial score (nSPS) is 14.3. The Bertz CT molecular complexity index is 2480. The lowest BCUT2D eigenvalue weighted by Crippen LogP contribution is -2.22. The maximum absolute atomic E-state index is 11.6. The third-order valence-corrected chi connectivity index (χ3v) is 8.90. The van der Waals surface area contributed by atoms with Crippen LogP contribution in [-0.4, -0.2) is 74.6 Å². The van der Waals surface area contributed by atoms with E-state index in [1.165, 1.54) is 0 Å². The molecule has 298 valence electrons. The number of likely N-dealkylation sites (N-methyl/N-ethyl adjacent to an activating group) is 1. The van der Waals surface area contributed by atoms with E-state index < -0.39 is 0 Å². The molecule has 0 amide bonds.